The van der Waals surface area contributed by atoms with Crippen LogP contribution in [-0.2, 0) is 0 Å². The first-order valence-corrected chi connectivity index (χ1v) is 7.91. The molecule has 2 heterocycles. The lowest BCUT2D eigenvalue weighted by molar-refractivity contribution is -0.384. The van der Waals surface area contributed by atoms with E-state index in [1.165, 1.54) is 12.1 Å². The molecule has 0 aliphatic carbocycles. The number of nitrogens with one attached hydrogen (secondary N) is 1. The fourth-order valence-corrected chi connectivity index (χ4v) is 2.90. The summed E-state index contributed by atoms with van der Waals surface area (Å²) < 4.78 is 7.14. The molecule has 1 aliphatic rings. The van der Waals surface area contributed by atoms with Crippen LogP contribution in [0.25, 0.3) is 11.8 Å². The van der Waals surface area contributed by atoms with Crippen molar-refractivity contribution in [3.8, 4) is 5.75 Å². The summed E-state index contributed by atoms with van der Waals surface area (Å²) in [5, 5.41) is 21.1. The summed E-state index contributed by atoms with van der Waals surface area (Å²) in [6.07, 6.45) is 1.93. The third-order valence-electron chi connectivity index (χ3n) is 4.25. The summed E-state index contributed by atoms with van der Waals surface area (Å²) in [6.45, 7) is 1.85. The topological polar surface area (TPSA) is 95.1 Å². The molecule has 0 radical (unpaired) electrons. The number of hydrogen-bond acceptors (Lipinski definition) is 6. The van der Waals surface area contributed by atoms with Crippen LogP contribution in [0.3, 0.4) is 0 Å². The number of aromatic nitrogens is 3. The molecule has 0 bridgehead atoms. The number of fused-ring (bicyclic) bond motifs is 2. The van der Waals surface area contributed by atoms with E-state index in [0.29, 0.717) is 17.4 Å². The molecule has 0 spiro atoms. The molecule has 2 aromatic carbocycles. The molecule has 0 saturated heterocycles. The monoisotopic (exact) mass is 349 g/mol. The second-order valence-electron chi connectivity index (χ2n) is 5.83. The van der Waals surface area contributed by atoms with Gasteiger partial charge in [-0.2, -0.15) is 0 Å². The van der Waals surface area contributed by atoms with Crippen molar-refractivity contribution in [3.63, 3.8) is 0 Å². The van der Waals surface area contributed by atoms with Gasteiger partial charge >= 0.3 is 0 Å². The van der Waals surface area contributed by atoms with E-state index in [-0.39, 0.29) is 5.69 Å². The van der Waals surface area contributed by atoms with Gasteiger partial charge in [-0.15, -0.1) is 10.2 Å². The van der Waals surface area contributed by atoms with E-state index in [1.54, 1.807) is 23.9 Å². The molecule has 0 atom stereocenters. The van der Waals surface area contributed by atoms with Crippen molar-refractivity contribution in [2.75, 3.05) is 12.5 Å². The van der Waals surface area contributed by atoms with Crippen molar-refractivity contribution in [1.82, 2.24) is 14.9 Å². The maximum atomic E-state index is 10.9. The van der Waals surface area contributed by atoms with Crippen LogP contribution in [0.5, 0.6) is 5.75 Å². The van der Waals surface area contributed by atoms with Crippen LogP contribution in [0, 0.1) is 17.0 Å². The number of hydrogen-bond donors (Lipinski definition) is 1. The fourth-order valence-electron chi connectivity index (χ4n) is 2.90. The lowest BCUT2D eigenvalue weighted by Gasteiger charge is -2.13. The Morgan fingerprint density at radius 1 is 1.15 bits per heavy atom. The van der Waals surface area contributed by atoms with Gasteiger partial charge in [0.2, 0.25) is 0 Å². The van der Waals surface area contributed by atoms with Gasteiger partial charge in [-0.05, 0) is 42.5 Å². The third kappa shape index (κ3) is 2.57. The van der Waals surface area contributed by atoms with Gasteiger partial charge in [0.1, 0.15) is 11.6 Å². The third-order valence-corrected chi connectivity index (χ3v) is 4.25. The van der Waals surface area contributed by atoms with E-state index in [9.17, 15) is 10.1 Å². The molecular formula is C18H15N5O3. The number of nitro benzene ring substituents is 1. The van der Waals surface area contributed by atoms with Crippen molar-refractivity contribution >= 4 is 17.5 Å². The van der Waals surface area contributed by atoms with E-state index in [4.69, 9.17) is 4.74 Å². The average molecular weight is 349 g/mol. The van der Waals surface area contributed by atoms with Crippen LogP contribution < -0.4 is 20.6 Å². The van der Waals surface area contributed by atoms with Gasteiger partial charge in [0.25, 0.3) is 5.69 Å². The summed E-state index contributed by atoms with van der Waals surface area (Å²) in [4.78, 5) is 10.5. The zero-order chi connectivity index (χ0) is 18.3. The summed E-state index contributed by atoms with van der Waals surface area (Å²) in [7, 11) is 1.61. The van der Waals surface area contributed by atoms with Crippen molar-refractivity contribution in [3.05, 3.63) is 80.2 Å². The highest BCUT2D eigenvalue weighted by Crippen LogP contribution is 2.18. The van der Waals surface area contributed by atoms with Crippen molar-refractivity contribution < 1.29 is 9.66 Å². The number of rotatable bonds is 3. The molecule has 1 aliphatic heterocycles. The maximum absolute atomic E-state index is 10.9. The highest BCUT2D eigenvalue weighted by Gasteiger charge is 2.15. The van der Waals surface area contributed by atoms with E-state index in [1.807, 2.05) is 31.2 Å². The minimum Gasteiger partial charge on any atom is -0.497 e. The zero-order valence-electron chi connectivity index (χ0n) is 14.1. The van der Waals surface area contributed by atoms with Crippen molar-refractivity contribution in [2.45, 2.75) is 6.92 Å². The van der Waals surface area contributed by atoms with Gasteiger partial charge in [0.15, 0.2) is 5.82 Å². The minimum atomic E-state index is -0.415. The number of non-ortho nitro benzene ring substituents is 1. The number of aryl methyl sites for hydroxylation is 1. The number of ether oxygens (including phenoxy) is 1. The second kappa shape index (κ2) is 5.99. The Morgan fingerprint density at radius 2 is 1.92 bits per heavy atom. The van der Waals surface area contributed by atoms with Gasteiger partial charge in [-0.3, -0.25) is 15.5 Å². The van der Waals surface area contributed by atoms with Gasteiger partial charge in [-0.25, -0.2) is 4.68 Å². The van der Waals surface area contributed by atoms with Crippen molar-refractivity contribution in [1.29, 1.82) is 0 Å². The average Bonchev–Trinajstić information content (AvgIpc) is 2.90. The Balaban J connectivity index is 2.00. The number of methoxy groups -OCH3 is 1. The molecule has 26 heavy (non-hydrogen) atoms. The van der Waals surface area contributed by atoms with Crippen LogP contribution in [0.1, 0.15) is 17.2 Å². The zero-order valence-corrected chi connectivity index (χ0v) is 14.1. The largest absolute Gasteiger partial charge is 0.497 e. The summed E-state index contributed by atoms with van der Waals surface area (Å²) in [6, 6.07) is 12.1. The van der Waals surface area contributed by atoms with E-state index >= 15 is 0 Å². The lowest BCUT2D eigenvalue weighted by Crippen LogP contribution is -2.30. The molecule has 0 saturated carbocycles. The fraction of sp³-hybridized carbons (Fsp3) is 0.111. The Kier molecular flexibility index (Phi) is 3.65. The predicted octanol–water partition coefficient (Wildman–Crippen LogP) is 1.05. The van der Waals surface area contributed by atoms with Crippen LogP contribution >= 0.6 is 0 Å². The Morgan fingerprint density at radius 3 is 2.62 bits per heavy atom. The molecule has 1 N–H and O–H groups in total. The van der Waals surface area contributed by atoms with E-state index in [2.05, 4.69) is 15.6 Å². The molecule has 130 valence electrons. The predicted molar refractivity (Wildman–Crippen MR) is 95.5 cm³/mol. The van der Waals surface area contributed by atoms with Crippen LogP contribution in [-0.4, -0.2) is 26.9 Å². The van der Waals surface area contributed by atoms with Gasteiger partial charge in [-0.1, -0.05) is 6.07 Å². The smallest absolute Gasteiger partial charge is 0.269 e. The highest BCUT2D eigenvalue weighted by molar-refractivity contribution is 5.72. The minimum absolute atomic E-state index is 0.0431. The summed E-state index contributed by atoms with van der Waals surface area (Å²) in [5.74, 6) is 2.09. The van der Waals surface area contributed by atoms with E-state index < -0.39 is 4.92 Å². The highest BCUT2D eigenvalue weighted by atomic mass is 16.6. The number of benzene rings is 2. The van der Waals surface area contributed by atoms with Gasteiger partial charge < -0.3 is 4.74 Å². The Labute approximate surface area is 148 Å². The summed E-state index contributed by atoms with van der Waals surface area (Å²) in [5.41, 5.74) is 4.96. The Hall–Kier alpha value is -3.68. The van der Waals surface area contributed by atoms with E-state index in [0.717, 1.165) is 21.7 Å². The van der Waals surface area contributed by atoms with Crippen LogP contribution in [0.2, 0.25) is 0 Å². The molecular weight excluding hydrogens is 334 g/mol. The van der Waals surface area contributed by atoms with Gasteiger partial charge in [0, 0.05) is 22.9 Å². The lowest BCUT2D eigenvalue weighted by atomic mass is 10.1. The quantitative estimate of drug-likeness (QED) is 0.561. The van der Waals surface area contributed by atoms with Crippen LogP contribution in [0.15, 0.2) is 42.5 Å². The number of nitrogens with zero attached hydrogens (tertiary/aromatic N) is 4. The Bertz CT molecular complexity index is 1130. The first-order valence-electron chi connectivity index (χ1n) is 7.91. The first kappa shape index (κ1) is 15.8. The first-order chi connectivity index (χ1) is 12.6. The normalized spacial score (nSPS) is 12.3. The molecule has 8 heteroatoms. The van der Waals surface area contributed by atoms with Gasteiger partial charge in [0.05, 0.1) is 17.7 Å². The SMILES string of the molecule is COc1ccc2c(c1)=C(c1ccc([N+](=O)[O-])cc1)Nn1c(C)nnc1C=2. The molecule has 8 nitrogen and oxygen atoms in total. The maximum Gasteiger partial charge on any atom is 0.269 e. The van der Waals surface area contributed by atoms with Crippen molar-refractivity contribution in [2.24, 2.45) is 0 Å². The molecule has 3 aromatic rings. The summed E-state index contributed by atoms with van der Waals surface area (Å²) >= 11 is 0. The second-order valence-corrected chi connectivity index (χ2v) is 5.83. The van der Waals surface area contributed by atoms with Crippen LogP contribution in [0.4, 0.5) is 5.69 Å². The molecule has 0 fully saturated rings. The molecule has 1 aromatic heterocycles. The molecule has 4 rings (SSSR count). The molecule has 0 amide bonds. The number of nitro groups is 1. The standard InChI is InChI=1S/C18H15N5O3/c1-11-19-20-17-9-13-5-8-15(26-2)10-16(13)18(21-22(11)17)12-3-6-14(7-4-12)23(24)25/h3-10,21H,1-2H3. The molecule has 0 unspecified atom stereocenters.